The van der Waals surface area contributed by atoms with Crippen LogP contribution in [0.2, 0.25) is 0 Å². The highest BCUT2D eigenvalue weighted by molar-refractivity contribution is 5.80. The van der Waals surface area contributed by atoms with E-state index in [-0.39, 0.29) is 0 Å². The summed E-state index contributed by atoms with van der Waals surface area (Å²) < 4.78 is 0. The molecule has 0 amide bonds. The van der Waals surface area contributed by atoms with Crippen LogP contribution in [0, 0.1) is 11.3 Å². The minimum absolute atomic E-state index is 0.398. The standard InChI is InChI=1S/C22H27N5/c1-24-22(25-15-19-11-9-18(14-23)10-12-19)26-21-8-5-13-27(17-21)16-20-6-3-2-4-7-20/h2-4,6-7,9-12,21H,5,8,13,15-17H2,1H3,(H2,24,25,26). The molecule has 0 radical (unpaired) electrons. The third-order valence-electron chi connectivity index (χ3n) is 4.86. The number of benzene rings is 2. The lowest BCUT2D eigenvalue weighted by atomic mass is 10.0. The normalized spacial score (nSPS) is 17.9. The van der Waals surface area contributed by atoms with E-state index >= 15 is 0 Å². The van der Waals surface area contributed by atoms with Crippen LogP contribution in [0.4, 0.5) is 0 Å². The fourth-order valence-corrected chi connectivity index (χ4v) is 3.43. The molecule has 1 atom stereocenters. The Labute approximate surface area is 161 Å². The van der Waals surface area contributed by atoms with Gasteiger partial charge in [0.05, 0.1) is 11.6 Å². The molecule has 140 valence electrons. The Balaban J connectivity index is 1.49. The van der Waals surface area contributed by atoms with E-state index in [2.05, 4.69) is 56.9 Å². The molecule has 5 heteroatoms. The summed E-state index contributed by atoms with van der Waals surface area (Å²) in [6.45, 7) is 3.85. The molecule has 2 N–H and O–H groups in total. The van der Waals surface area contributed by atoms with E-state index in [0.717, 1.165) is 37.6 Å². The van der Waals surface area contributed by atoms with Crippen molar-refractivity contribution in [3.8, 4) is 6.07 Å². The van der Waals surface area contributed by atoms with Gasteiger partial charge in [0.2, 0.25) is 0 Å². The second-order valence-corrected chi connectivity index (χ2v) is 6.94. The molecule has 0 bridgehead atoms. The van der Waals surface area contributed by atoms with Crippen LogP contribution in [-0.2, 0) is 13.1 Å². The molecule has 0 aromatic heterocycles. The molecule has 27 heavy (non-hydrogen) atoms. The first-order chi connectivity index (χ1) is 13.3. The van der Waals surface area contributed by atoms with Gasteiger partial charge in [0, 0.05) is 32.7 Å². The maximum Gasteiger partial charge on any atom is 0.191 e. The summed E-state index contributed by atoms with van der Waals surface area (Å²) in [5, 5.41) is 15.8. The zero-order chi connectivity index (χ0) is 18.9. The van der Waals surface area contributed by atoms with E-state index in [1.807, 2.05) is 24.3 Å². The van der Waals surface area contributed by atoms with Crippen LogP contribution in [0.15, 0.2) is 59.6 Å². The molecule has 1 fully saturated rings. The number of rotatable bonds is 5. The van der Waals surface area contributed by atoms with Gasteiger partial charge in [-0.25, -0.2) is 0 Å². The lowest BCUT2D eigenvalue weighted by Crippen LogP contribution is -2.50. The Hall–Kier alpha value is -2.84. The van der Waals surface area contributed by atoms with Crippen LogP contribution in [-0.4, -0.2) is 37.0 Å². The summed E-state index contributed by atoms with van der Waals surface area (Å²) in [6.07, 6.45) is 2.35. The second-order valence-electron chi connectivity index (χ2n) is 6.94. The molecule has 1 heterocycles. The summed E-state index contributed by atoms with van der Waals surface area (Å²) in [5.41, 5.74) is 3.18. The van der Waals surface area contributed by atoms with E-state index in [1.165, 1.54) is 12.0 Å². The Morgan fingerprint density at radius 3 is 2.63 bits per heavy atom. The van der Waals surface area contributed by atoms with Crippen LogP contribution in [0.1, 0.15) is 29.5 Å². The predicted octanol–water partition coefficient (Wildman–Crippen LogP) is 2.89. The quantitative estimate of drug-likeness (QED) is 0.635. The van der Waals surface area contributed by atoms with Crippen molar-refractivity contribution in [3.05, 3.63) is 71.3 Å². The summed E-state index contributed by atoms with van der Waals surface area (Å²) in [6, 6.07) is 20.8. The van der Waals surface area contributed by atoms with E-state index in [9.17, 15) is 0 Å². The second kappa shape index (κ2) is 9.75. The molecule has 1 aliphatic rings. The van der Waals surface area contributed by atoms with E-state index < -0.39 is 0 Å². The van der Waals surface area contributed by atoms with Crippen LogP contribution >= 0.6 is 0 Å². The van der Waals surface area contributed by atoms with E-state index in [1.54, 1.807) is 7.05 Å². The first-order valence-electron chi connectivity index (χ1n) is 9.49. The zero-order valence-corrected chi connectivity index (χ0v) is 15.9. The molecule has 1 aliphatic heterocycles. The molecule has 0 spiro atoms. The maximum atomic E-state index is 8.88. The Morgan fingerprint density at radius 2 is 1.93 bits per heavy atom. The molecule has 0 saturated carbocycles. The maximum absolute atomic E-state index is 8.88. The third kappa shape index (κ3) is 5.83. The molecule has 0 aliphatic carbocycles. The Bertz CT molecular complexity index is 777. The van der Waals surface area contributed by atoms with Crippen molar-refractivity contribution >= 4 is 5.96 Å². The first kappa shape index (κ1) is 18.9. The predicted molar refractivity (Wildman–Crippen MR) is 109 cm³/mol. The highest BCUT2D eigenvalue weighted by atomic mass is 15.2. The lowest BCUT2D eigenvalue weighted by molar-refractivity contribution is 0.192. The lowest BCUT2D eigenvalue weighted by Gasteiger charge is -2.34. The zero-order valence-electron chi connectivity index (χ0n) is 15.9. The van der Waals surface area contributed by atoms with Crippen molar-refractivity contribution in [2.24, 2.45) is 4.99 Å². The molecule has 1 unspecified atom stereocenters. The fraction of sp³-hybridized carbons (Fsp3) is 0.364. The summed E-state index contributed by atoms with van der Waals surface area (Å²) >= 11 is 0. The summed E-state index contributed by atoms with van der Waals surface area (Å²) in [5.74, 6) is 0.825. The number of guanidine groups is 1. The van der Waals surface area contributed by atoms with Gasteiger partial charge in [0.15, 0.2) is 5.96 Å². The first-order valence-corrected chi connectivity index (χ1v) is 9.49. The molecule has 5 nitrogen and oxygen atoms in total. The van der Waals surface area contributed by atoms with Crippen molar-refractivity contribution in [3.63, 3.8) is 0 Å². The molecule has 2 aromatic carbocycles. The Kier molecular flexibility index (Phi) is 6.84. The van der Waals surface area contributed by atoms with Crippen molar-refractivity contribution in [2.75, 3.05) is 20.1 Å². The van der Waals surface area contributed by atoms with E-state index in [0.29, 0.717) is 18.2 Å². The molecule has 2 aromatic rings. The van der Waals surface area contributed by atoms with Crippen molar-refractivity contribution in [1.82, 2.24) is 15.5 Å². The van der Waals surface area contributed by atoms with Crippen LogP contribution in [0.25, 0.3) is 0 Å². The molecular weight excluding hydrogens is 334 g/mol. The number of piperidine rings is 1. The van der Waals surface area contributed by atoms with Gasteiger partial charge in [-0.2, -0.15) is 5.26 Å². The average Bonchev–Trinajstić information content (AvgIpc) is 2.72. The van der Waals surface area contributed by atoms with Gasteiger partial charge in [-0.1, -0.05) is 42.5 Å². The number of nitrogens with one attached hydrogen (secondary N) is 2. The minimum atomic E-state index is 0.398. The van der Waals surface area contributed by atoms with Crippen molar-refractivity contribution in [1.29, 1.82) is 5.26 Å². The van der Waals surface area contributed by atoms with Gasteiger partial charge in [-0.15, -0.1) is 0 Å². The van der Waals surface area contributed by atoms with Crippen LogP contribution < -0.4 is 10.6 Å². The topological polar surface area (TPSA) is 63.5 Å². The van der Waals surface area contributed by atoms with Crippen molar-refractivity contribution in [2.45, 2.75) is 32.0 Å². The highest BCUT2D eigenvalue weighted by Gasteiger charge is 2.20. The third-order valence-corrected chi connectivity index (χ3v) is 4.86. The number of likely N-dealkylation sites (tertiary alicyclic amines) is 1. The number of aliphatic imine (C=N–C) groups is 1. The van der Waals surface area contributed by atoms with Gasteiger partial charge in [0.1, 0.15) is 0 Å². The summed E-state index contributed by atoms with van der Waals surface area (Å²) in [7, 11) is 1.80. The number of nitrogens with zero attached hydrogens (tertiary/aromatic N) is 3. The number of hydrogen-bond donors (Lipinski definition) is 2. The highest BCUT2D eigenvalue weighted by Crippen LogP contribution is 2.13. The average molecular weight is 361 g/mol. The number of nitriles is 1. The van der Waals surface area contributed by atoms with E-state index in [4.69, 9.17) is 5.26 Å². The molecular formula is C22H27N5. The van der Waals surface area contributed by atoms with Gasteiger partial charge >= 0.3 is 0 Å². The minimum Gasteiger partial charge on any atom is -0.352 e. The molecule has 3 rings (SSSR count). The number of hydrogen-bond acceptors (Lipinski definition) is 3. The monoisotopic (exact) mass is 361 g/mol. The van der Waals surface area contributed by atoms with Crippen LogP contribution in [0.3, 0.4) is 0 Å². The van der Waals surface area contributed by atoms with Gasteiger partial charge in [0.25, 0.3) is 0 Å². The smallest absolute Gasteiger partial charge is 0.191 e. The molecule has 1 saturated heterocycles. The van der Waals surface area contributed by atoms with Gasteiger partial charge in [-0.05, 0) is 42.6 Å². The largest absolute Gasteiger partial charge is 0.352 e. The van der Waals surface area contributed by atoms with Gasteiger partial charge in [-0.3, -0.25) is 9.89 Å². The van der Waals surface area contributed by atoms with Gasteiger partial charge < -0.3 is 10.6 Å². The summed E-state index contributed by atoms with van der Waals surface area (Å²) in [4.78, 5) is 6.87. The SMILES string of the molecule is CN=C(NCc1ccc(C#N)cc1)NC1CCCN(Cc2ccccc2)C1. The Morgan fingerprint density at radius 1 is 1.15 bits per heavy atom. The fourth-order valence-electron chi connectivity index (χ4n) is 3.43. The van der Waals surface area contributed by atoms with Crippen molar-refractivity contribution < 1.29 is 0 Å². The van der Waals surface area contributed by atoms with Crippen LogP contribution in [0.5, 0.6) is 0 Å².